The number of carbonyl (C=O) groups is 3. The molecule has 3 amide bonds. The van der Waals surface area contributed by atoms with E-state index < -0.39 is 23.4 Å². The Kier molecular flexibility index (Phi) is 4.95. The fourth-order valence-corrected chi connectivity index (χ4v) is 2.94. The van der Waals surface area contributed by atoms with E-state index in [1.54, 1.807) is 27.7 Å². The molecule has 0 atom stereocenters. The van der Waals surface area contributed by atoms with Crippen LogP contribution in [0.2, 0.25) is 0 Å². The van der Waals surface area contributed by atoms with Crippen molar-refractivity contribution in [2.45, 2.75) is 39.7 Å². The summed E-state index contributed by atoms with van der Waals surface area (Å²) in [4.78, 5) is 34.9. The topological polar surface area (TPSA) is 122 Å². The molecule has 0 aliphatic rings. The Morgan fingerprint density at radius 2 is 1.86 bits per heavy atom. The molecule has 0 unspecified atom stereocenters. The maximum Gasteiger partial charge on any atom is 0.338 e. The van der Waals surface area contributed by atoms with Crippen molar-refractivity contribution in [3.05, 3.63) is 16.0 Å². The molecule has 1 aromatic heterocycles. The van der Waals surface area contributed by atoms with Crippen molar-refractivity contribution < 1.29 is 19.5 Å². The van der Waals surface area contributed by atoms with Gasteiger partial charge >= 0.3 is 12.0 Å². The minimum atomic E-state index is -1.09. The van der Waals surface area contributed by atoms with Crippen LogP contribution < -0.4 is 16.4 Å². The van der Waals surface area contributed by atoms with Gasteiger partial charge in [-0.1, -0.05) is 0 Å². The lowest BCUT2D eigenvalue weighted by atomic mass is 10.0. The first-order chi connectivity index (χ1) is 9.53. The number of carbonyl (C=O) groups excluding carboxylic acids is 2. The van der Waals surface area contributed by atoms with Gasteiger partial charge < -0.3 is 16.2 Å². The van der Waals surface area contributed by atoms with Gasteiger partial charge in [0.05, 0.1) is 5.56 Å². The Labute approximate surface area is 126 Å². The molecule has 0 bridgehead atoms. The van der Waals surface area contributed by atoms with E-state index in [2.05, 4.69) is 10.6 Å². The van der Waals surface area contributed by atoms with Crippen LogP contribution in [0.15, 0.2) is 0 Å². The Morgan fingerprint density at radius 3 is 2.33 bits per heavy atom. The van der Waals surface area contributed by atoms with Gasteiger partial charge in [0.15, 0.2) is 0 Å². The van der Waals surface area contributed by atoms with E-state index in [9.17, 15) is 19.5 Å². The Bertz CT molecular complexity index is 592. The number of thiophene rings is 1. The van der Waals surface area contributed by atoms with Gasteiger partial charge in [-0.15, -0.1) is 11.3 Å². The molecule has 0 fully saturated rings. The van der Waals surface area contributed by atoms with Gasteiger partial charge in [-0.3, -0.25) is 10.1 Å². The second-order valence-corrected chi connectivity index (χ2v) is 6.62. The van der Waals surface area contributed by atoms with Crippen LogP contribution in [0.25, 0.3) is 0 Å². The number of nitrogens with two attached hydrogens (primary N) is 1. The van der Waals surface area contributed by atoms with Gasteiger partial charge in [0.2, 0.25) is 5.91 Å². The van der Waals surface area contributed by atoms with E-state index in [1.807, 2.05) is 0 Å². The zero-order chi connectivity index (χ0) is 16.4. The summed E-state index contributed by atoms with van der Waals surface area (Å²) in [6, 6.07) is -0.579. The summed E-state index contributed by atoms with van der Waals surface area (Å²) >= 11 is 1.19. The predicted octanol–water partition coefficient (Wildman–Crippen LogP) is 1.84. The van der Waals surface area contributed by atoms with Crippen molar-refractivity contribution in [3.63, 3.8) is 0 Å². The maximum absolute atomic E-state index is 11.9. The highest BCUT2D eigenvalue weighted by Gasteiger charge is 2.25. The molecule has 116 valence electrons. The minimum Gasteiger partial charge on any atom is -0.478 e. The number of carboxylic acids is 1. The highest BCUT2D eigenvalue weighted by molar-refractivity contribution is 7.16. The summed E-state index contributed by atoms with van der Waals surface area (Å²) in [5.41, 5.74) is 5.00. The smallest absolute Gasteiger partial charge is 0.338 e. The number of aryl methyl sites for hydroxylation is 1. The van der Waals surface area contributed by atoms with Crippen LogP contribution in [0.5, 0.6) is 0 Å². The average molecular weight is 313 g/mol. The maximum atomic E-state index is 11.9. The van der Waals surface area contributed by atoms with E-state index in [0.29, 0.717) is 5.56 Å². The molecule has 21 heavy (non-hydrogen) atoms. The Hall–Kier alpha value is -2.09. The van der Waals surface area contributed by atoms with Gasteiger partial charge in [-0.05, 0) is 33.3 Å². The third kappa shape index (κ3) is 4.45. The molecule has 0 aliphatic heterocycles. The zero-order valence-corrected chi connectivity index (χ0v) is 13.2. The van der Waals surface area contributed by atoms with Gasteiger partial charge in [-0.2, -0.15) is 0 Å². The first-order valence-electron chi connectivity index (χ1n) is 6.24. The van der Waals surface area contributed by atoms with E-state index in [-0.39, 0.29) is 17.0 Å². The molecule has 0 saturated heterocycles. The second-order valence-electron chi connectivity index (χ2n) is 5.40. The molecule has 0 spiro atoms. The van der Waals surface area contributed by atoms with E-state index in [4.69, 9.17) is 5.73 Å². The van der Waals surface area contributed by atoms with Crippen LogP contribution >= 0.6 is 11.3 Å². The van der Waals surface area contributed by atoms with Crippen molar-refractivity contribution in [1.82, 2.24) is 5.32 Å². The standard InChI is InChI=1S/C13H19N3O4S/c1-6-7(2)21-10(9(6)11(18)19)15-12(20)16-13(3,4)5-8(14)17/h5H2,1-4H3,(H2,14,17)(H,18,19)(H2,15,16,20). The summed E-state index contributed by atoms with van der Waals surface area (Å²) in [6.45, 7) is 6.78. The number of nitrogens with one attached hydrogen (secondary N) is 2. The highest BCUT2D eigenvalue weighted by atomic mass is 32.1. The first kappa shape index (κ1) is 17.0. The van der Waals surface area contributed by atoms with Crippen LogP contribution in [0.1, 0.15) is 41.1 Å². The molecule has 8 heteroatoms. The number of primary amides is 1. The molecule has 0 aromatic carbocycles. The fourth-order valence-electron chi connectivity index (χ4n) is 1.89. The fraction of sp³-hybridized carbons (Fsp3) is 0.462. The lowest BCUT2D eigenvalue weighted by Gasteiger charge is -2.24. The molecular formula is C13H19N3O4S. The number of amides is 3. The van der Waals surface area contributed by atoms with Crippen LogP contribution in [0.4, 0.5) is 9.80 Å². The molecule has 1 rings (SSSR count). The van der Waals surface area contributed by atoms with Crippen molar-refractivity contribution in [2.24, 2.45) is 5.73 Å². The summed E-state index contributed by atoms with van der Waals surface area (Å²) in [6.07, 6.45) is -0.0191. The van der Waals surface area contributed by atoms with Crippen molar-refractivity contribution in [3.8, 4) is 0 Å². The summed E-state index contributed by atoms with van der Waals surface area (Å²) in [5, 5.41) is 14.6. The lowest BCUT2D eigenvalue weighted by molar-refractivity contribution is -0.119. The van der Waals surface area contributed by atoms with Crippen LogP contribution in [-0.4, -0.2) is 28.6 Å². The minimum absolute atomic E-state index is 0.0191. The van der Waals surface area contributed by atoms with Gasteiger partial charge in [-0.25, -0.2) is 9.59 Å². The van der Waals surface area contributed by atoms with Crippen LogP contribution in [-0.2, 0) is 4.79 Å². The normalized spacial score (nSPS) is 11.0. The van der Waals surface area contributed by atoms with E-state index in [0.717, 1.165) is 4.88 Å². The molecule has 1 aromatic rings. The number of aromatic carboxylic acids is 1. The quantitative estimate of drug-likeness (QED) is 0.662. The van der Waals surface area contributed by atoms with Gasteiger partial charge in [0.1, 0.15) is 5.00 Å². The highest BCUT2D eigenvalue weighted by Crippen LogP contribution is 2.32. The number of carboxylic acid groups (broad SMARTS) is 1. The van der Waals surface area contributed by atoms with E-state index >= 15 is 0 Å². The number of anilines is 1. The first-order valence-corrected chi connectivity index (χ1v) is 7.06. The summed E-state index contributed by atoms with van der Waals surface area (Å²) in [5.74, 6) is -1.63. The van der Waals surface area contributed by atoms with Gasteiger partial charge in [0, 0.05) is 16.8 Å². The lowest BCUT2D eigenvalue weighted by Crippen LogP contribution is -2.47. The molecule has 7 nitrogen and oxygen atoms in total. The number of rotatable bonds is 5. The van der Waals surface area contributed by atoms with Crippen LogP contribution in [0.3, 0.4) is 0 Å². The average Bonchev–Trinajstić information content (AvgIpc) is 2.50. The molecule has 0 radical (unpaired) electrons. The largest absolute Gasteiger partial charge is 0.478 e. The van der Waals surface area contributed by atoms with Crippen molar-refractivity contribution >= 4 is 34.2 Å². The molecule has 0 aliphatic carbocycles. The monoisotopic (exact) mass is 313 g/mol. The number of hydrogen-bond donors (Lipinski definition) is 4. The Morgan fingerprint density at radius 1 is 1.29 bits per heavy atom. The third-order valence-corrected chi connectivity index (χ3v) is 4.02. The number of urea groups is 1. The summed E-state index contributed by atoms with van der Waals surface area (Å²) < 4.78 is 0. The van der Waals surface area contributed by atoms with Crippen LogP contribution in [0, 0.1) is 13.8 Å². The third-order valence-electron chi connectivity index (χ3n) is 2.89. The van der Waals surface area contributed by atoms with Gasteiger partial charge in [0.25, 0.3) is 0 Å². The zero-order valence-electron chi connectivity index (χ0n) is 12.4. The SMILES string of the molecule is Cc1sc(NC(=O)NC(C)(C)CC(N)=O)c(C(=O)O)c1C. The molecule has 0 saturated carbocycles. The van der Waals surface area contributed by atoms with E-state index in [1.165, 1.54) is 11.3 Å². The Balaban J connectivity index is 2.87. The van der Waals surface area contributed by atoms with Crippen molar-refractivity contribution in [1.29, 1.82) is 0 Å². The summed E-state index contributed by atoms with van der Waals surface area (Å²) in [7, 11) is 0. The molecule has 5 N–H and O–H groups in total. The second kappa shape index (κ2) is 6.13. The molecular weight excluding hydrogens is 294 g/mol. The molecule has 1 heterocycles. The number of hydrogen-bond acceptors (Lipinski definition) is 4. The van der Waals surface area contributed by atoms with Crippen molar-refractivity contribution in [2.75, 3.05) is 5.32 Å². The predicted molar refractivity (Wildman–Crippen MR) is 80.8 cm³/mol.